The molecule has 0 amide bonds. The van der Waals surface area contributed by atoms with Crippen LogP contribution in [0.5, 0.6) is 0 Å². The van der Waals surface area contributed by atoms with Crippen LogP contribution in [0, 0.1) is 0 Å². The van der Waals surface area contributed by atoms with Crippen LogP contribution in [0.2, 0.25) is 0 Å². The van der Waals surface area contributed by atoms with Gasteiger partial charge < -0.3 is 9.72 Å². The number of aromatic nitrogens is 1. The molecule has 1 heterocycles. The maximum absolute atomic E-state index is 12.5. The van der Waals surface area contributed by atoms with Gasteiger partial charge in [-0.15, -0.1) is 0 Å². The van der Waals surface area contributed by atoms with E-state index in [-0.39, 0.29) is 16.5 Å². The van der Waals surface area contributed by atoms with Crippen molar-refractivity contribution in [2.75, 3.05) is 7.11 Å². The van der Waals surface area contributed by atoms with Crippen molar-refractivity contribution in [2.45, 2.75) is 11.8 Å². The number of alkyl halides is 3. The molecule has 0 saturated carbocycles. The molecule has 1 rings (SSSR count). The molecule has 0 spiro atoms. The highest BCUT2D eigenvalue weighted by molar-refractivity contribution is 9.08. The normalized spacial score (nSPS) is 10.6. The number of pyridine rings is 1. The minimum absolute atomic E-state index is 0.0627. The van der Waals surface area contributed by atoms with Crippen LogP contribution < -0.4 is 5.43 Å². The van der Waals surface area contributed by atoms with Gasteiger partial charge in [-0.1, -0.05) is 15.9 Å². The largest absolute Gasteiger partial charge is 0.465 e. The van der Waals surface area contributed by atoms with Crippen LogP contribution in [0.15, 0.2) is 11.0 Å². The number of halogens is 3. The number of ether oxygens (including phenoxy) is 1. The van der Waals surface area contributed by atoms with Crippen molar-refractivity contribution in [3.05, 3.63) is 33.2 Å². The number of aromatic amines is 1. The van der Waals surface area contributed by atoms with Crippen LogP contribution in [0.4, 0.5) is 8.78 Å². The van der Waals surface area contributed by atoms with Crippen LogP contribution in [0.3, 0.4) is 0 Å². The molecule has 1 N–H and O–H groups in total. The van der Waals surface area contributed by atoms with Gasteiger partial charge in [-0.05, 0) is 0 Å². The predicted octanol–water partition coefficient (Wildman–Crippen LogP) is 1.99. The number of rotatable bonds is 3. The molecule has 1 aromatic heterocycles. The minimum Gasteiger partial charge on any atom is -0.465 e. The Morgan fingerprint density at radius 3 is 2.69 bits per heavy atom. The van der Waals surface area contributed by atoms with Crippen molar-refractivity contribution in [1.29, 1.82) is 0 Å². The number of hydrogen-bond donors (Lipinski definition) is 1. The quantitative estimate of drug-likeness (QED) is 0.685. The van der Waals surface area contributed by atoms with E-state index in [4.69, 9.17) is 0 Å². The van der Waals surface area contributed by atoms with E-state index in [0.29, 0.717) is 0 Å². The van der Waals surface area contributed by atoms with Crippen LogP contribution in [0.25, 0.3) is 0 Å². The maximum atomic E-state index is 12.5. The lowest BCUT2D eigenvalue weighted by Crippen LogP contribution is -2.22. The first-order chi connectivity index (χ1) is 7.52. The Kier molecular flexibility index (Phi) is 4.17. The van der Waals surface area contributed by atoms with Crippen LogP contribution in [0.1, 0.15) is 28.0 Å². The summed E-state index contributed by atoms with van der Waals surface area (Å²) < 4.78 is 29.4. The molecular weight excluding hydrogens is 288 g/mol. The summed E-state index contributed by atoms with van der Waals surface area (Å²) in [5.74, 6) is -0.857. The molecule has 4 nitrogen and oxygen atoms in total. The molecule has 16 heavy (non-hydrogen) atoms. The molecular formula is C9H8BrF2NO3. The zero-order valence-corrected chi connectivity index (χ0v) is 9.81. The highest BCUT2D eigenvalue weighted by Crippen LogP contribution is 2.20. The van der Waals surface area contributed by atoms with Gasteiger partial charge >= 0.3 is 5.97 Å². The van der Waals surface area contributed by atoms with Crippen molar-refractivity contribution in [3.8, 4) is 0 Å². The van der Waals surface area contributed by atoms with Gasteiger partial charge in [0.15, 0.2) is 0 Å². The molecule has 0 fully saturated rings. The zero-order valence-electron chi connectivity index (χ0n) is 8.22. The van der Waals surface area contributed by atoms with Crippen LogP contribution >= 0.6 is 15.9 Å². The summed E-state index contributed by atoms with van der Waals surface area (Å²) in [6.07, 6.45) is -1.87. The van der Waals surface area contributed by atoms with E-state index in [9.17, 15) is 18.4 Å². The Balaban J connectivity index is 3.41. The summed E-state index contributed by atoms with van der Waals surface area (Å²) in [6.45, 7) is 0. The number of esters is 1. The first-order valence-corrected chi connectivity index (χ1v) is 5.32. The molecule has 0 aliphatic rings. The maximum Gasteiger partial charge on any atom is 0.343 e. The standard InChI is InChI=1S/C9H8BrF2NO3/c1-16-9(15)5-3-13-6(8(11)12)4(2-10)7(5)14/h3,8H,2H2,1H3,(H,13,14). The number of hydrogen-bond acceptors (Lipinski definition) is 3. The molecule has 0 atom stereocenters. The molecule has 0 aliphatic heterocycles. The second-order valence-electron chi connectivity index (χ2n) is 2.85. The number of carbonyl (C=O) groups excluding carboxylic acids is 1. The Hall–Kier alpha value is -1.24. The van der Waals surface area contributed by atoms with E-state index >= 15 is 0 Å². The third-order valence-electron chi connectivity index (χ3n) is 1.97. The molecule has 88 valence electrons. The second-order valence-corrected chi connectivity index (χ2v) is 3.41. The SMILES string of the molecule is COC(=O)c1c[nH]c(C(F)F)c(CBr)c1=O. The lowest BCUT2D eigenvalue weighted by atomic mass is 10.1. The second kappa shape index (κ2) is 5.20. The molecule has 0 saturated heterocycles. The van der Waals surface area contributed by atoms with E-state index in [0.717, 1.165) is 13.3 Å². The van der Waals surface area contributed by atoms with Crippen LogP contribution in [-0.4, -0.2) is 18.1 Å². The van der Waals surface area contributed by atoms with E-state index in [1.165, 1.54) is 0 Å². The summed E-state index contributed by atoms with van der Waals surface area (Å²) in [6, 6.07) is 0. The minimum atomic E-state index is -2.80. The average Bonchev–Trinajstić information content (AvgIpc) is 2.27. The van der Waals surface area contributed by atoms with Crippen molar-refractivity contribution < 1.29 is 18.3 Å². The first kappa shape index (κ1) is 12.8. The van der Waals surface area contributed by atoms with Gasteiger partial charge in [-0.3, -0.25) is 4.79 Å². The van der Waals surface area contributed by atoms with Crippen molar-refractivity contribution in [2.24, 2.45) is 0 Å². The van der Waals surface area contributed by atoms with Gasteiger partial charge in [0.2, 0.25) is 5.43 Å². The van der Waals surface area contributed by atoms with Gasteiger partial charge in [0, 0.05) is 17.1 Å². The lowest BCUT2D eigenvalue weighted by Gasteiger charge is -2.07. The third kappa shape index (κ3) is 2.29. The molecule has 0 aromatic carbocycles. The fourth-order valence-corrected chi connectivity index (χ4v) is 1.73. The molecule has 0 aliphatic carbocycles. The van der Waals surface area contributed by atoms with Gasteiger partial charge in [0.1, 0.15) is 5.56 Å². The van der Waals surface area contributed by atoms with Crippen molar-refractivity contribution in [1.82, 2.24) is 4.98 Å². The van der Waals surface area contributed by atoms with Gasteiger partial charge in [0.25, 0.3) is 6.43 Å². The fourth-order valence-electron chi connectivity index (χ4n) is 1.18. The topological polar surface area (TPSA) is 59.2 Å². The number of methoxy groups -OCH3 is 1. The van der Waals surface area contributed by atoms with Crippen molar-refractivity contribution >= 4 is 21.9 Å². The molecule has 1 aromatic rings. The van der Waals surface area contributed by atoms with E-state index < -0.39 is 23.5 Å². The summed E-state index contributed by atoms with van der Waals surface area (Å²) >= 11 is 2.93. The van der Waals surface area contributed by atoms with E-state index in [2.05, 4.69) is 25.7 Å². The van der Waals surface area contributed by atoms with Gasteiger partial charge in [0.05, 0.1) is 12.8 Å². The summed E-state index contributed by atoms with van der Waals surface area (Å²) in [4.78, 5) is 25.0. The Labute approximate surface area is 97.7 Å². The molecule has 0 bridgehead atoms. The number of nitrogens with one attached hydrogen (secondary N) is 1. The zero-order chi connectivity index (χ0) is 12.3. The Bertz CT molecular complexity index is 459. The summed E-state index contributed by atoms with van der Waals surface area (Å²) in [5, 5.41) is -0.0627. The molecule has 0 radical (unpaired) electrons. The number of carbonyl (C=O) groups is 1. The van der Waals surface area contributed by atoms with Gasteiger partial charge in [-0.25, -0.2) is 13.6 Å². The monoisotopic (exact) mass is 295 g/mol. The molecule has 0 unspecified atom stereocenters. The van der Waals surface area contributed by atoms with Gasteiger partial charge in [-0.2, -0.15) is 0 Å². The first-order valence-electron chi connectivity index (χ1n) is 4.19. The predicted molar refractivity (Wildman–Crippen MR) is 56.0 cm³/mol. The third-order valence-corrected chi connectivity index (χ3v) is 2.53. The molecule has 7 heteroatoms. The van der Waals surface area contributed by atoms with Crippen molar-refractivity contribution in [3.63, 3.8) is 0 Å². The smallest absolute Gasteiger partial charge is 0.343 e. The average molecular weight is 296 g/mol. The van der Waals surface area contributed by atoms with Crippen LogP contribution in [-0.2, 0) is 10.1 Å². The summed E-state index contributed by atoms with van der Waals surface area (Å²) in [5.41, 5.74) is -1.70. The lowest BCUT2D eigenvalue weighted by molar-refractivity contribution is 0.0598. The van der Waals surface area contributed by atoms with E-state index in [1.54, 1.807) is 0 Å². The summed E-state index contributed by atoms with van der Waals surface area (Å²) in [7, 11) is 1.11. The fraction of sp³-hybridized carbons (Fsp3) is 0.333. The number of H-pyrrole nitrogens is 1. The highest BCUT2D eigenvalue weighted by Gasteiger charge is 2.20. The van der Waals surface area contributed by atoms with E-state index in [1.807, 2.05) is 0 Å². The Morgan fingerprint density at radius 1 is 1.62 bits per heavy atom. The Morgan fingerprint density at radius 2 is 2.25 bits per heavy atom. The highest BCUT2D eigenvalue weighted by atomic mass is 79.9.